The molecule has 0 unspecified atom stereocenters. The van der Waals surface area contributed by atoms with Crippen LogP contribution in [0.15, 0.2) is 36.9 Å². The number of carboxylic acid groups (broad SMARTS) is 1. The Morgan fingerprint density at radius 1 is 1.20 bits per heavy atom. The van der Waals surface area contributed by atoms with E-state index in [1.54, 1.807) is 45.0 Å². The summed E-state index contributed by atoms with van der Waals surface area (Å²) in [7, 11) is 1.46. The Labute approximate surface area is 260 Å². The molecule has 0 radical (unpaired) electrons. The van der Waals surface area contributed by atoms with Crippen LogP contribution >= 0.6 is 0 Å². The van der Waals surface area contributed by atoms with Crippen molar-refractivity contribution in [2.24, 2.45) is 0 Å². The van der Waals surface area contributed by atoms with Gasteiger partial charge in [-0.25, -0.2) is 9.59 Å². The number of hydrogen-bond acceptors (Lipinski definition) is 6. The summed E-state index contributed by atoms with van der Waals surface area (Å²) in [6, 6.07) is 3.35. The molecular weight excluding hydrogens is 593 g/mol. The number of carboxylic acids is 1. The number of halogens is 3. The molecule has 2 heterocycles. The van der Waals surface area contributed by atoms with Crippen LogP contribution in [0.4, 0.5) is 18.0 Å². The molecule has 3 atom stereocenters. The van der Waals surface area contributed by atoms with E-state index in [-0.39, 0.29) is 38.0 Å². The summed E-state index contributed by atoms with van der Waals surface area (Å²) in [6.07, 6.45) is -0.491. The summed E-state index contributed by atoms with van der Waals surface area (Å²) in [5.41, 5.74) is -2.82. The fourth-order valence-corrected chi connectivity index (χ4v) is 6.13. The van der Waals surface area contributed by atoms with Gasteiger partial charge in [0.1, 0.15) is 34.8 Å². The molecule has 45 heavy (non-hydrogen) atoms. The number of nitrogens with one attached hydrogen (secondary N) is 1. The number of carbonyl (C=O) groups is 3. The van der Waals surface area contributed by atoms with E-state index in [2.05, 4.69) is 11.9 Å². The predicted octanol–water partition coefficient (Wildman–Crippen LogP) is 6.65. The van der Waals surface area contributed by atoms with Gasteiger partial charge in [0, 0.05) is 12.0 Å². The minimum Gasteiger partial charge on any atom is -0.497 e. The largest absolute Gasteiger partial charge is 0.497 e. The molecule has 12 heteroatoms. The van der Waals surface area contributed by atoms with E-state index in [9.17, 15) is 32.7 Å². The highest BCUT2D eigenvalue weighted by molar-refractivity contribution is 5.92. The first-order chi connectivity index (χ1) is 21.1. The van der Waals surface area contributed by atoms with Crippen LogP contribution in [-0.2, 0) is 26.9 Å². The molecule has 2 aromatic rings. The maximum Gasteiger partial charge on any atom is 0.419 e. The number of unbranched alkanes of at least 4 members (excludes halogenated alkanes) is 3. The molecule has 2 N–H and O–H groups in total. The van der Waals surface area contributed by atoms with Crippen molar-refractivity contribution in [1.82, 2.24) is 10.2 Å². The number of likely N-dealkylation sites (tertiary alicyclic amines) is 1. The Kier molecular flexibility index (Phi) is 9.94. The summed E-state index contributed by atoms with van der Waals surface area (Å²) in [6.45, 7) is 8.48. The lowest BCUT2D eigenvalue weighted by molar-refractivity contribution is -0.149. The number of benzene rings is 2. The third-order valence-corrected chi connectivity index (χ3v) is 8.22. The molecule has 0 aliphatic carbocycles. The molecule has 1 saturated heterocycles. The molecule has 9 nitrogen and oxygen atoms in total. The van der Waals surface area contributed by atoms with E-state index >= 15 is 0 Å². The van der Waals surface area contributed by atoms with Crippen molar-refractivity contribution in [2.45, 2.75) is 102 Å². The predicted molar refractivity (Wildman–Crippen MR) is 161 cm³/mol. The Balaban J connectivity index is 1.66. The van der Waals surface area contributed by atoms with Crippen LogP contribution in [0.3, 0.4) is 0 Å². The third-order valence-electron chi connectivity index (χ3n) is 8.22. The van der Waals surface area contributed by atoms with Gasteiger partial charge in [-0.2, -0.15) is 13.2 Å². The Morgan fingerprint density at radius 3 is 2.56 bits per heavy atom. The van der Waals surface area contributed by atoms with E-state index in [0.29, 0.717) is 28.5 Å². The minimum atomic E-state index is -4.74. The van der Waals surface area contributed by atoms with Gasteiger partial charge in [0.15, 0.2) is 0 Å². The van der Waals surface area contributed by atoms with E-state index in [0.717, 1.165) is 30.2 Å². The van der Waals surface area contributed by atoms with E-state index in [1.807, 2.05) is 0 Å². The van der Waals surface area contributed by atoms with Crippen molar-refractivity contribution in [3.05, 3.63) is 48.0 Å². The molecule has 2 aliphatic rings. The van der Waals surface area contributed by atoms with Gasteiger partial charge in [0.05, 0.1) is 19.2 Å². The molecule has 0 bridgehead atoms. The van der Waals surface area contributed by atoms with E-state index in [1.165, 1.54) is 7.11 Å². The molecule has 0 aromatic heterocycles. The molecule has 2 aromatic carbocycles. The number of fused-ring (bicyclic) bond motifs is 3. The Morgan fingerprint density at radius 2 is 1.93 bits per heavy atom. The molecule has 2 aliphatic heterocycles. The molecule has 2 amide bonds. The van der Waals surface area contributed by atoms with Gasteiger partial charge in [-0.15, -0.1) is 6.58 Å². The number of allylic oxidation sites excluding steroid dienone is 1. The number of aliphatic carboxylic acids is 1. The van der Waals surface area contributed by atoms with Crippen LogP contribution < -0.4 is 14.8 Å². The number of carbonyl (C=O) groups excluding carboxylic acids is 2. The van der Waals surface area contributed by atoms with Crippen molar-refractivity contribution in [3.63, 3.8) is 0 Å². The first kappa shape index (κ1) is 33.9. The topological polar surface area (TPSA) is 114 Å². The lowest BCUT2D eigenvalue weighted by Crippen LogP contribution is -2.53. The maximum atomic E-state index is 14.4. The number of aryl methyl sites for hydroxylation is 1. The normalized spacial score (nSPS) is 20.3. The average molecular weight is 635 g/mol. The monoisotopic (exact) mass is 634 g/mol. The fraction of sp³-hybridized carbons (Fsp3) is 0.545. The molecule has 1 fully saturated rings. The molecule has 0 saturated carbocycles. The fourth-order valence-electron chi connectivity index (χ4n) is 6.13. The van der Waals surface area contributed by atoms with Gasteiger partial charge in [0.25, 0.3) is 0 Å². The van der Waals surface area contributed by atoms with Gasteiger partial charge in [-0.1, -0.05) is 25.0 Å². The first-order valence-corrected chi connectivity index (χ1v) is 15.1. The zero-order chi connectivity index (χ0) is 33.2. The number of hydrogen-bond donors (Lipinski definition) is 2. The van der Waals surface area contributed by atoms with Gasteiger partial charge in [-0.3, -0.25) is 4.79 Å². The molecular formula is C33H41F3N2O7. The molecule has 246 valence electrons. The van der Waals surface area contributed by atoms with Gasteiger partial charge in [0.2, 0.25) is 5.91 Å². The number of alkyl carbamates (subject to hydrolysis) is 1. The SMILES string of the molecule is C=CCCCCC[C@H](NC(=O)OC(C)(C)C)C(=O)N1C[C@@]2(CCc3c(c(C(F)(F)F)cc4ccc(OC)cc34)O2)C[C@H]1C(=O)O. The third kappa shape index (κ3) is 7.83. The molecule has 4 rings (SSSR count). The second kappa shape index (κ2) is 13.2. The second-order valence-corrected chi connectivity index (χ2v) is 12.8. The van der Waals surface area contributed by atoms with Crippen LogP contribution in [0.1, 0.15) is 76.8 Å². The zero-order valence-corrected chi connectivity index (χ0v) is 26.1. The highest BCUT2D eigenvalue weighted by atomic mass is 19.4. The smallest absolute Gasteiger partial charge is 0.419 e. The van der Waals surface area contributed by atoms with Crippen LogP contribution in [-0.4, -0.2) is 64.9 Å². The van der Waals surface area contributed by atoms with Crippen LogP contribution in [0.5, 0.6) is 11.5 Å². The van der Waals surface area contributed by atoms with Gasteiger partial charge in [-0.05, 0) is 81.8 Å². The summed E-state index contributed by atoms with van der Waals surface area (Å²) >= 11 is 0. The Hall–Kier alpha value is -3.96. The highest BCUT2D eigenvalue weighted by Gasteiger charge is 2.54. The average Bonchev–Trinajstić information content (AvgIpc) is 3.32. The number of alkyl halides is 3. The number of ether oxygens (including phenoxy) is 3. The minimum absolute atomic E-state index is 0.167. The van der Waals surface area contributed by atoms with Gasteiger partial charge >= 0.3 is 18.2 Å². The number of methoxy groups -OCH3 is 1. The Bertz CT molecular complexity index is 1450. The van der Waals surface area contributed by atoms with Crippen molar-refractivity contribution < 1.29 is 46.9 Å². The van der Waals surface area contributed by atoms with Crippen LogP contribution in [0.2, 0.25) is 0 Å². The second-order valence-electron chi connectivity index (χ2n) is 12.8. The van der Waals surface area contributed by atoms with Crippen molar-refractivity contribution in [2.75, 3.05) is 13.7 Å². The van der Waals surface area contributed by atoms with E-state index < -0.39 is 53.0 Å². The van der Waals surface area contributed by atoms with Crippen molar-refractivity contribution in [1.29, 1.82) is 0 Å². The van der Waals surface area contributed by atoms with Crippen molar-refractivity contribution in [3.8, 4) is 11.5 Å². The summed E-state index contributed by atoms with van der Waals surface area (Å²) in [4.78, 5) is 40.2. The van der Waals surface area contributed by atoms with Gasteiger partial charge < -0.3 is 29.5 Å². The lowest BCUT2D eigenvalue weighted by atomic mass is 9.85. The maximum absolute atomic E-state index is 14.4. The molecule has 1 spiro atoms. The zero-order valence-electron chi connectivity index (χ0n) is 26.1. The number of nitrogens with zero attached hydrogens (tertiary/aromatic N) is 1. The van der Waals surface area contributed by atoms with E-state index in [4.69, 9.17) is 14.2 Å². The summed E-state index contributed by atoms with van der Waals surface area (Å²) in [5.74, 6) is -1.85. The van der Waals surface area contributed by atoms with Crippen molar-refractivity contribution >= 4 is 28.7 Å². The summed E-state index contributed by atoms with van der Waals surface area (Å²) in [5, 5.41) is 13.7. The number of amides is 2. The summed E-state index contributed by atoms with van der Waals surface area (Å²) < 4.78 is 59.9. The quantitative estimate of drug-likeness (QED) is 0.222. The highest BCUT2D eigenvalue weighted by Crippen LogP contribution is 2.49. The standard InChI is InChI=1S/C33H41F3N2O7/c1-6-7-8-9-10-11-25(37-30(42)45-31(2,3)4)28(39)38-19-32(18-26(38)29(40)41)15-14-22-23-17-21(43-5)13-12-20(23)16-24(27(22)44-32)33(34,35)36/h6,12-13,16-17,25-26H,1,7-11,14-15,18-19H2,2-5H3,(H,37,42)(H,40,41)/t25-,26-,32+/m0/s1. The first-order valence-electron chi connectivity index (χ1n) is 15.1. The number of rotatable bonds is 10. The van der Waals surface area contributed by atoms with Crippen LogP contribution in [0, 0.1) is 0 Å². The lowest BCUT2D eigenvalue weighted by Gasteiger charge is -2.37. The van der Waals surface area contributed by atoms with Crippen LogP contribution in [0.25, 0.3) is 10.8 Å².